The number of hydrogen-bond acceptors (Lipinski definition) is 4. The fourth-order valence-electron chi connectivity index (χ4n) is 3.15. The van der Waals surface area contributed by atoms with E-state index in [0.29, 0.717) is 19.8 Å². The van der Waals surface area contributed by atoms with E-state index in [0.717, 1.165) is 11.1 Å². The Morgan fingerprint density at radius 3 is 1.92 bits per heavy atom. The molecule has 1 aliphatic rings. The molecule has 4 heteroatoms. The summed E-state index contributed by atoms with van der Waals surface area (Å²) in [7, 11) is 0. The Balaban J connectivity index is 1.67. The van der Waals surface area contributed by atoms with Crippen LogP contribution in [-0.4, -0.2) is 36.6 Å². The number of ether oxygens (including phenoxy) is 3. The van der Waals surface area contributed by atoms with Gasteiger partial charge in [-0.2, -0.15) is 0 Å². The van der Waals surface area contributed by atoms with E-state index < -0.39 is 0 Å². The van der Waals surface area contributed by atoms with Crippen molar-refractivity contribution in [1.82, 2.24) is 0 Å². The molecule has 0 spiro atoms. The van der Waals surface area contributed by atoms with Gasteiger partial charge in [-0.1, -0.05) is 67.6 Å². The average Bonchev–Trinajstić information content (AvgIpc) is 2.67. The van der Waals surface area contributed by atoms with Crippen molar-refractivity contribution < 1.29 is 19.3 Å². The van der Waals surface area contributed by atoms with Gasteiger partial charge in [-0.25, -0.2) is 0 Å². The maximum atomic E-state index is 9.69. The van der Waals surface area contributed by atoms with E-state index in [1.807, 2.05) is 60.7 Å². The minimum Gasteiger partial charge on any atom is -0.394 e. The van der Waals surface area contributed by atoms with Crippen molar-refractivity contribution in [2.24, 2.45) is 5.92 Å². The van der Waals surface area contributed by atoms with Gasteiger partial charge in [-0.05, 0) is 11.1 Å². The van der Waals surface area contributed by atoms with Gasteiger partial charge in [0.2, 0.25) is 0 Å². The van der Waals surface area contributed by atoms with Crippen LogP contribution in [0.25, 0.3) is 0 Å². The van der Waals surface area contributed by atoms with Crippen LogP contribution in [0.3, 0.4) is 0 Å². The Kier molecular flexibility index (Phi) is 6.59. The molecule has 3 rings (SSSR count). The first-order chi connectivity index (χ1) is 12.3. The second-order valence-corrected chi connectivity index (χ2v) is 6.55. The maximum Gasteiger partial charge on any atom is 0.113 e. The van der Waals surface area contributed by atoms with Crippen molar-refractivity contribution in [3.8, 4) is 0 Å². The molecule has 1 fully saturated rings. The minimum atomic E-state index is -0.360. The van der Waals surface area contributed by atoms with Gasteiger partial charge in [0.1, 0.15) is 12.2 Å². The highest BCUT2D eigenvalue weighted by molar-refractivity contribution is 5.14. The Bertz CT molecular complexity index is 616. The van der Waals surface area contributed by atoms with Crippen molar-refractivity contribution in [3.05, 3.63) is 71.8 Å². The summed E-state index contributed by atoms with van der Waals surface area (Å²) in [4.78, 5) is 0. The Morgan fingerprint density at radius 1 is 0.880 bits per heavy atom. The van der Waals surface area contributed by atoms with Crippen LogP contribution in [0.5, 0.6) is 0 Å². The van der Waals surface area contributed by atoms with Gasteiger partial charge < -0.3 is 19.3 Å². The number of aliphatic hydroxyl groups is 1. The molecule has 0 aliphatic carbocycles. The highest BCUT2D eigenvalue weighted by Gasteiger charge is 2.40. The van der Waals surface area contributed by atoms with Gasteiger partial charge in [0.05, 0.1) is 32.5 Å². The minimum absolute atomic E-state index is 0.0721. The molecule has 1 heterocycles. The fourth-order valence-corrected chi connectivity index (χ4v) is 3.15. The smallest absolute Gasteiger partial charge is 0.113 e. The van der Waals surface area contributed by atoms with Gasteiger partial charge in [-0.15, -0.1) is 0 Å². The van der Waals surface area contributed by atoms with Crippen molar-refractivity contribution in [3.63, 3.8) is 0 Å². The molecule has 1 aliphatic heterocycles. The molecule has 1 saturated heterocycles. The van der Waals surface area contributed by atoms with Crippen molar-refractivity contribution in [1.29, 1.82) is 0 Å². The number of aliphatic hydroxyl groups excluding tert-OH is 1. The molecule has 0 bridgehead atoms. The highest BCUT2D eigenvalue weighted by Crippen LogP contribution is 2.27. The molecule has 0 radical (unpaired) electrons. The highest BCUT2D eigenvalue weighted by atomic mass is 16.6. The Morgan fingerprint density at radius 2 is 1.40 bits per heavy atom. The van der Waals surface area contributed by atoms with Gasteiger partial charge in [-0.3, -0.25) is 0 Å². The normalized spacial score (nSPS) is 26.5. The van der Waals surface area contributed by atoms with E-state index in [2.05, 4.69) is 6.92 Å². The summed E-state index contributed by atoms with van der Waals surface area (Å²) in [6, 6.07) is 20.1. The summed E-state index contributed by atoms with van der Waals surface area (Å²) in [5.74, 6) is 0.201. The first-order valence-electron chi connectivity index (χ1n) is 8.81. The third-order valence-electron chi connectivity index (χ3n) is 4.57. The van der Waals surface area contributed by atoms with E-state index in [9.17, 15) is 5.11 Å². The standard InChI is InChI=1S/C21H26O4/c1-16-13-23-19(12-22)21(25-15-18-10-6-3-7-11-18)20(16)24-14-17-8-4-2-5-9-17/h2-11,16,19-22H,12-15H2,1H3/t16?,19?,20-,21+/m0/s1. The lowest BCUT2D eigenvalue weighted by Gasteiger charge is -2.40. The van der Waals surface area contributed by atoms with Gasteiger partial charge in [0, 0.05) is 5.92 Å². The zero-order chi connectivity index (χ0) is 17.5. The van der Waals surface area contributed by atoms with Gasteiger partial charge in [0.25, 0.3) is 0 Å². The molecule has 0 amide bonds. The second kappa shape index (κ2) is 9.11. The monoisotopic (exact) mass is 342 g/mol. The first-order valence-corrected chi connectivity index (χ1v) is 8.81. The molecule has 4 atom stereocenters. The van der Waals surface area contributed by atoms with E-state index >= 15 is 0 Å². The summed E-state index contributed by atoms with van der Waals surface area (Å²) in [6.45, 7) is 3.60. The molecular formula is C21H26O4. The first kappa shape index (κ1) is 18.1. The van der Waals surface area contributed by atoms with E-state index in [4.69, 9.17) is 14.2 Å². The van der Waals surface area contributed by atoms with Crippen molar-refractivity contribution in [2.45, 2.75) is 38.4 Å². The van der Waals surface area contributed by atoms with E-state index in [1.54, 1.807) is 0 Å². The molecule has 25 heavy (non-hydrogen) atoms. The van der Waals surface area contributed by atoms with Crippen LogP contribution in [-0.2, 0) is 27.4 Å². The number of benzene rings is 2. The van der Waals surface area contributed by atoms with Crippen LogP contribution in [0, 0.1) is 5.92 Å². The fraction of sp³-hybridized carbons (Fsp3) is 0.429. The molecule has 4 nitrogen and oxygen atoms in total. The maximum absolute atomic E-state index is 9.69. The SMILES string of the molecule is CC1COC(CO)[C@@H](OCc2ccccc2)[C@H]1OCc1ccccc1. The lowest BCUT2D eigenvalue weighted by molar-refractivity contribution is -0.212. The third-order valence-corrected chi connectivity index (χ3v) is 4.57. The van der Waals surface area contributed by atoms with E-state index in [-0.39, 0.29) is 30.8 Å². The summed E-state index contributed by atoms with van der Waals surface area (Å²) >= 11 is 0. The summed E-state index contributed by atoms with van der Waals surface area (Å²) in [6.07, 6.45) is -0.770. The number of rotatable bonds is 7. The predicted molar refractivity (Wildman–Crippen MR) is 96.0 cm³/mol. The molecular weight excluding hydrogens is 316 g/mol. The lowest BCUT2D eigenvalue weighted by Crippen LogP contribution is -2.53. The quantitative estimate of drug-likeness (QED) is 0.839. The lowest BCUT2D eigenvalue weighted by atomic mass is 9.93. The van der Waals surface area contributed by atoms with Gasteiger partial charge >= 0.3 is 0 Å². The summed E-state index contributed by atoms with van der Waals surface area (Å²) in [5.41, 5.74) is 2.22. The average molecular weight is 342 g/mol. The topological polar surface area (TPSA) is 47.9 Å². The summed E-state index contributed by atoms with van der Waals surface area (Å²) in [5, 5.41) is 9.69. The zero-order valence-corrected chi connectivity index (χ0v) is 14.6. The van der Waals surface area contributed by atoms with Gasteiger partial charge in [0.15, 0.2) is 0 Å². The van der Waals surface area contributed by atoms with Crippen LogP contribution in [0.15, 0.2) is 60.7 Å². The van der Waals surface area contributed by atoms with E-state index in [1.165, 1.54) is 0 Å². The second-order valence-electron chi connectivity index (χ2n) is 6.55. The predicted octanol–water partition coefficient (Wildman–Crippen LogP) is 3.18. The third kappa shape index (κ3) is 4.89. The number of hydrogen-bond donors (Lipinski definition) is 1. The van der Waals surface area contributed by atoms with Crippen molar-refractivity contribution in [2.75, 3.05) is 13.2 Å². The van der Waals surface area contributed by atoms with Crippen molar-refractivity contribution >= 4 is 0 Å². The molecule has 1 N–H and O–H groups in total. The molecule has 2 aromatic carbocycles. The largest absolute Gasteiger partial charge is 0.394 e. The molecule has 2 aromatic rings. The van der Waals surface area contributed by atoms with Crippen LogP contribution < -0.4 is 0 Å². The molecule has 0 aromatic heterocycles. The molecule has 0 saturated carbocycles. The zero-order valence-electron chi connectivity index (χ0n) is 14.6. The van der Waals surface area contributed by atoms with Crippen LogP contribution in [0.2, 0.25) is 0 Å². The molecule has 2 unspecified atom stereocenters. The Hall–Kier alpha value is -1.72. The molecule has 134 valence electrons. The van der Waals surface area contributed by atoms with Crippen LogP contribution in [0.4, 0.5) is 0 Å². The van der Waals surface area contributed by atoms with Crippen LogP contribution >= 0.6 is 0 Å². The Labute approximate surface area is 149 Å². The van der Waals surface area contributed by atoms with Crippen LogP contribution in [0.1, 0.15) is 18.1 Å². The summed E-state index contributed by atoms with van der Waals surface area (Å²) < 4.78 is 18.1.